The zero-order valence-electron chi connectivity index (χ0n) is 11.1. The number of hydrogen-bond acceptors (Lipinski definition) is 3. The van der Waals surface area contributed by atoms with Crippen LogP contribution in [0.25, 0.3) is 0 Å². The highest BCUT2D eigenvalue weighted by Crippen LogP contribution is 2.21. The van der Waals surface area contributed by atoms with Crippen LogP contribution < -0.4 is 5.32 Å². The summed E-state index contributed by atoms with van der Waals surface area (Å²) >= 11 is 0. The molecule has 2 N–H and O–H groups in total. The minimum absolute atomic E-state index is 0.259. The third-order valence-electron chi connectivity index (χ3n) is 3.77. The maximum absolute atomic E-state index is 10.7. The Balaban J connectivity index is 2.45. The molecular weight excluding hydrogens is 216 g/mol. The minimum atomic E-state index is -0.691. The molecule has 0 aliphatic carbocycles. The molecule has 17 heavy (non-hydrogen) atoms. The van der Waals surface area contributed by atoms with Crippen molar-refractivity contribution in [3.05, 3.63) is 0 Å². The van der Waals surface area contributed by atoms with Gasteiger partial charge in [0, 0.05) is 12.6 Å². The SMILES string of the molecule is CCCN(CCC(=O)O)C(C)C1CCNCC1. The minimum Gasteiger partial charge on any atom is -0.481 e. The van der Waals surface area contributed by atoms with Crippen LogP contribution in [-0.4, -0.2) is 48.2 Å². The average Bonchev–Trinajstić information content (AvgIpc) is 2.34. The predicted octanol–water partition coefficient (Wildman–Crippen LogP) is 1.56. The Morgan fingerprint density at radius 3 is 2.59 bits per heavy atom. The molecule has 4 nitrogen and oxygen atoms in total. The number of nitrogens with zero attached hydrogens (tertiary/aromatic N) is 1. The molecule has 0 aromatic rings. The summed E-state index contributed by atoms with van der Waals surface area (Å²) in [5, 5.41) is 12.2. The predicted molar refractivity (Wildman–Crippen MR) is 69.2 cm³/mol. The van der Waals surface area contributed by atoms with Crippen LogP contribution >= 0.6 is 0 Å². The van der Waals surface area contributed by atoms with E-state index in [0.717, 1.165) is 32.0 Å². The Kier molecular flexibility index (Phi) is 6.52. The van der Waals surface area contributed by atoms with Crippen LogP contribution in [0, 0.1) is 5.92 Å². The molecule has 0 amide bonds. The Labute approximate surface area is 104 Å². The number of carboxylic acids is 1. The van der Waals surface area contributed by atoms with Crippen molar-refractivity contribution in [2.75, 3.05) is 26.2 Å². The molecule has 1 atom stereocenters. The molecule has 0 saturated carbocycles. The van der Waals surface area contributed by atoms with Gasteiger partial charge in [0.25, 0.3) is 0 Å². The van der Waals surface area contributed by atoms with Gasteiger partial charge in [0.05, 0.1) is 6.42 Å². The molecule has 0 spiro atoms. The van der Waals surface area contributed by atoms with Gasteiger partial charge in [-0.1, -0.05) is 6.92 Å². The fourth-order valence-corrected chi connectivity index (χ4v) is 2.67. The van der Waals surface area contributed by atoms with Gasteiger partial charge in [-0.3, -0.25) is 9.69 Å². The van der Waals surface area contributed by atoms with Crippen molar-refractivity contribution in [3.63, 3.8) is 0 Å². The molecule has 1 unspecified atom stereocenters. The molecule has 1 saturated heterocycles. The summed E-state index contributed by atoms with van der Waals surface area (Å²) in [7, 11) is 0. The third kappa shape index (κ3) is 5.04. The van der Waals surface area contributed by atoms with Gasteiger partial charge in [-0.05, 0) is 51.7 Å². The van der Waals surface area contributed by atoms with Crippen molar-refractivity contribution in [2.45, 2.75) is 45.6 Å². The molecule has 0 radical (unpaired) electrons. The number of hydrogen-bond donors (Lipinski definition) is 2. The first-order valence-electron chi connectivity index (χ1n) is 6.81. The molecule has 0 bridgehead atoms. The largest absolute Gasteiger partial charge is 0.481 e. The molecule has 1 fully saturated rings. The molecule has 1 rings (SSSR count). The maximum Gasteiger partial charge on any atom is 0.304 e. The number of piperidine rings is 1. The van der Waals surface area contributed by atoms with E-state index in [1.165, 1.54) is 12.8 Å². The van der Waals surface area contributed by atoms with E-state index < -0.39 is 5.97 Å². The number of carbonyl (C=O) groups is 1. The molecule has 100 valence electrons. The molecular formula is C13H26N2O2. The Morgan fingerprint density at radius 2 is 2.06 bits per heavy atom. The Bertz CT molecular complexity index is 227. The summed E-state index contributed by atoms with van der Waals surface area (Å²) in [6, 6.07) is 0.511. The van der Waals surface area contributed by atoms with E-state index in [-0.39, 0.29) is 6.42 Å². The summed E-state index contributed by atoms with van der Waals surface area (Å²) in [6.07, 6.45) is 3.78. The van der Waals surface area contributed by atoms with E-state index in [0.29, 0.717) is 12.6 Å². The fourth-order valence-electron chi connectivity index (χ4n) is 2.67. The molecule has 1 aliphatic rings. The van der Waals surface area contributed by atoms with Crippen molar-refractivity contribution in [1.82, 2.24) is 10.2 Å². The molecule has 0 aromatic carbocycles. The van der Waals surface area contributed by atoms with Gasteiger partial charge >= 0.3 is 5.97 Å². The summed E-state index contributed by atoms with van der Waals surface area (Å²) in [4.78, 5) is 13.0. The van der Waals surface area contributed by atoms with Crippen molar-refractivity contribution in [2.24, 2.45) is 5.92 Å². The van der Waals surface area contributed by atoms with Crippen molar-refractivity contribution >= 4 is 5.97 Å². The van der Waals surface area contributed by atoms with Gasteiger partial charge in [-0.25, -0.2) is 0 Å². The monoisotopic (exact) mass is 242 g/mol. The second-order valence-corrected chi connectivity index (χ2v) is 5.01. The van der Waals surface area contributed by atoms with Crippen LogP contribution in [0.15, 0.2) is 0 Å². The van der Waals surface area contributed by atoms with E-state index in [2.05, 4.69) is 24.1 Å². The lowest BCUT2D eigenvalue weighted by Gasteiger charge is -2.36. The topological polar surface area (TPSA) is 52.6 Å². The first kappa shape index (κ1) is 14.5. The fraction of sp³-hybridized carbons (Fsp3) is 0.923. The lowest BCUT2D eigenvalue weighted by atomic mass is 9.90. The van der Waals surface area contributed by atoms with Gasteiger partial charge in [0.15, 0.2) is 0 Å². The van der Waals surface area contributed by atoms with Crippen LogP contribution in [0.2, 0.25) is 0 Å². The number of carboxylic acid groups (broad SMARTS) is 1. The second kappa shape index (κ2) is 7.67. The molecule has 1 aliphatic heterocycles. The van der Waals surface area contributed by atoms with Gasteiger partial charge < -0.3 is 10.4 Å². The van der Waals surface area contributed by atoms with Crippen LogP contribution in [-0.2, 0) is 4.79 Å². The first-order valence-corrected chi connectivity index (χ1v) is 6.81. The summed E-state index contributed by atoms with van der Waals surface area (Å²) < 4.78 is 0. The van der Waals surface area contributed by atoms with Gasteiger partial charge in [0.1, 0.15) is 0 Å². The first-order chi connectivity index (χ1) is 8.15. The van der Waals surface area contributed by atoms with Crippen LogP contribution in [0.1, 0.15) is 39.5 Å². The van der Waals surface area contributed by atoms with E-state index >= 15 is 0 Å². The van der Waals surface area contributed by atoms with Crippen molar-refractivity contribution in [1.29, 1.82) is 0 Å². The van der Waals surface area contributed by atoms with Gasteiger partial charge in [0.2, 0.25) is 0 Å². The highest BCUT2D eigenvalue weighted by atomic mass is 16.4. The second-order valence-electron chi connectivity index (χ2n) is 5.01. The van der Waals surface area contributed by atoms with Gasteiger partial charge in [-0.2, -0.15) is 0 Å². The van der Waals surface area contributed by atoms with E-state index in [4.69, 9.17) is 5.11 Å². The maximum atomic E-state index is 10.7. The van der Waals surface area contributed by atoms with Crippen LogP contribution in [0.5, 0.6) is 0 Å². The standard InChI is InChI=1S/C13H26N2O2/c1-3-9-15(10-6-13(16)17)11(2)12-4-7-14-8-5-12/h11-12,14H,3-10H2,1-2H3,(H,16,17). The molecule has 4 heteroatoms. The normalized spacial score (nSPS) is 19.5. The van der Waals surface area contributed by atoms with E-state index in [9.17, 15) is 4.79 Å². The smallest absolute Gasteiger partial charge is 0.304 e. The third-order valence-corrected chi connectivity index (χ3v) is 3.77. The Morgan fingerprint density at radius 1 is 1.41 bits per heavy atom. The summed E-state index contributed by atoms with van der Waals surface area (Å²) in [5.41, 5.74) is 0. The zero-order chi connectivity index (χ0) is 12.7. The van der Waals surface area contributed by atoms with Crippen LogP contribution in [0.3, 0.4) is 0 Å². The van der Waals surface area contributed by atoms with Gasteiger partial charge in [-0.15, -0.1) is 0 Å². The van der Waals surface area contributed by atoms with Crippen molar-refractivity contribution in [3.8, 4) is 0 Å². The highest BCUT2D eigenvalue weighted by Gasteiger charge is 2.24. The number of nitrogens with one attached hydrogen (secondary N) is 1. The lowest BCUT2D eigenvalue weighted by molar-refractivity contribution is -0.137. The average molecular weight is 242 g/mol. The molecule has 1 heterocycles. The number of rotatable bonds is 7. The highest BCUT2D eigenvalue weighted by molar-refractivity contribution is 5.66. The molecule has 0 aromatic heterocycles. The lowest BCUT2D eigenvalue weighted by Crippen LogP contribution is -2.44. The van der Waals surface area contributed by atoms with E-state index in [1.807, 2.05) is 0 Å². The Hall–Kier alpha value is -0.610. The van der Waals surface area contributed by atoms with Crippen molar-refractivity contribution < 1.29 is 9.90 Å². The summed E-state index contributed by atoms with van der Waals surface area (Å²) in [6.45, 7) is 8.32. The zero-order valence-corrected chi connectivity index (χ0v) is 11.1. The summed E-state index contributed by atoms with van der Waals surface area (Å²) in [5.74, 6) is 0.0280. The van der Waals surface area contributed by atoms with E-state index in [1.54, 1.807) is 0 Å². The number of aliphatic carboxylic acids is 1. The quantitative estimate of drug-likeness (QED) is 0.711. The van der Waals surface area contributed by atoms with Crippen LogP contribution in [0.4, 0.5) is 0 Å².